The summed E-state index contributed by atoms with van der Waals surface area (Å²) in [6.45, 7) is 8.49. The lowest BCUT2D eigenvalue weighted by molar-refractivity contribution is 0.0906. The summed E-state index contributed by atoms with van der Waals surface area (Å²) in [6, 6.07) is 13.9. The van der Waals surface area contributed by atoms with E-state index in [1.165, 1.54) is 0 Å². The van der Waals surface area contributed by atoms with Crippen molar-refractivity contribution in [3.63, 3.8) is 0 Å². The van der Waals surface area contributed by atoms with Gasteiger partial charge >= 0.3 is 0 Å². The summed E-state index contributed by atoms with van der Waals surface area (Å²) in [5.41, 5.74) is 4.70. The number of aromatic nitrogens is 5. The summed E-state index contributed by atoms with van der Waals surface area (Å²) in [5.74, 6) is 1.53. The van der Waals surface area contributed by atoms with Crippen LogP contribution in [0.2, 0.25) is 0 Å². The number of fused-ring (bicyclic) bond motifs is 1. The van der Waals surface area contributed by atoms with Crippen LogP contribution in [0.15, 0.2) is 47.3 Å². The second-order valence-electron chi connectivity index (χ2n) is 10.6. The lowest BCUT2D eigenvalue weighted by Gasteiger charge is -2.40. The number of nitrogens with one attached hydrogen (secondary N) is 1. The molecule has 2 saturated heterocycles. The fourth-order valence-electron chi connectivity index (χ4n) is 6.04. The Kier molecular flexibility index (Phi) is 7.05. The third-order valence-corrected chi connectivity index (χ3v) is 7.93. The van der Waals surface area contributed by atoms with Gasteiger partial charge in [-0.25, -0.2) is 4.68 Å². The molecule has 39 heavy (non-hydrogen) atoms. The quantitative estimate of drug-likeness (QED) is 0.390. The van der Waals surface area contributed by atoms with Crippen LogP contribution in [0.25, 0.3) is 10.9 Å². The van der Waals surface area contributed by atoms with E-state index in [0.717, 1.165) is 79.1 Å². The standard InChI is InChI=1S/C29H35N7O3/c1-19-15-20(2)26-21(16-19)17-23(29(37)30-26)27(28-31-32-33-36(28)18-22-7-6-14-39-22)35-12-10-34(11-13-35)24-8-4-5-9-25(24)38-3/h4-5,8-9,15-17,22,27H,6-7,10-14,18H2,1-3H3,(H,30,37)/t22-,27+/m0/s1. The van der Waals surface area contributed by atoms with Gasteiger partial charge in [0, 0.05) is 38.3 Å². The van der Waals surface area contributed by atoms with Crippen LogP contribution in [0, 0.1) is 13.8 Å². The Morgan fingerprint density at radius 1 is 1.13 bits per heavy atom. The molecule has 0 unspecified atom stereocenters. The molecule has 4 heterocycles. The average Bonchev–Trinajstić information content (AvgIpc) is 3.63. The van der Waals surface area contributed by atoms with Crippen molar-refractivity contribution < 1.29 is 9.47 Å². The van der Waals surface area contributed by atoms with Crippen molar-refractivity contribution in [3.05, 3.63) is 75.3 Å². The molecular formula is C29H35N7O3. The van der Waals surface area contributed by atoms with E-state index in [1.54, 1.807) is 7.11 Å². The molecule has 0 aliphatic carbocycles. The molecule has 2 aliphatic heterocycles. The van der Waals surface area contributed by atoms with Gasteiger partial charge in [0.05, 0.1) is 31.0 Å². The third kappa shape index (κ3) is 5.02. The van der Waals surface area contributed by atoms with Crippen LogP contribution in [0.5, 0.6) is 5.75 Å². The molecule has 2 aromatic heterocycles. The third-order valence-electron chi connectivity index (χ3n) is 7.93. The summed E-state index contributed by atoms with van der Waals surface area (Å²) in [5, 5.41) is 13.9. The van der Waals surface area contributed by atoms with E-state index >= 15 is 0 Å². The van der Waals surface area contributed by atoms with Gasteiger partial charge in [0.15, 0.2) is 5.82 Å². The van der Waals surface area contributed by atoms with Gasteiger partial charge in [-0.05, 0) is 72.3 Å². The molecule has 1 N–H and O–H groups in total. The van der Waals surface area contributed by atoms with E-state index in [1.807, 2.05) is 35.9 Å². The van der Waals surface area contributed by atoms with Crippen molar-refractivity contribution in [3.8, 4) is 5.75 Å². The van der Waals surface area contributed by atoms with E-state index in [0.29, 0.717) is 17.9 Å². The molecule has 0 amide bonds. The summed E-state index contributed by atoms with van der Waals surface area (Å²) >= 11 is 0. The molecule has 2 fully saturated rings. The highest BCUT2D eigenvalue weighted by Gasteiger charge is 2.34. The number of hydrogen-bond donors (Lipinski definition) is 1. The maximum Gasteiger partial charge on any atom is 0.253 e. The molecule has 204 valence electrons. The number of aryl methyl sites for hydroxylation is 2. The summed E-state index contributed by atoms with van der Waals surface area (Å²) in [4.78, 5) is 21.5. The molecule has 10 nitrogen and oxygen atoms in total. The van der Waals surface area contributed by atoms with Gasteiger partial charge in [0.2, 0.25) is 0 Å². The number of hydrogen-bond acceptors (Lipinski definition) is 8. The van der Waals surface area contributed by atoms with Crippen molar-refractivity contribution in [1.82, 2.24) is 30.1 Å². The van der Waals surface area contributed by atoms with Crippen LogP contribution in [0.3, 0.4) is 0 Å². The summed E-state index contributed by atoms with van der Waals surface area (Å²) < 4.78 is 13.3. The number of methoxy groups -OCH3 is 1. The first kappa shape index (κ1) is 25.5. The minimum absolute atomic E-state index is 0.0791. The first-order valence-electron chi connectivity index (χ1n) is 13.7. The lowest BCUT2D eigenvalue weighted by Crippen LogP contribution is -2.49. The van der Waals surface area contributed by atoms with E-state index in [2.05, 4.69) is 55.4 Å². The molecule has 2 aliphatic rings. The van der Waals surface area contributed by atoms with Crippen LogP contribution in [0.1, 0.15) is 41.4 Å². The zero-order valence-corrected chi connectivity index (χ0v) is 22.8. The van der Waals surface area contributed by atoms with Gasteiger partial charge in [0.25, 0.3) is 5.56 Å². The number of anilines is 1. The number of H-pyrrole nitrogens is 1. The predicted octanol–water partition coefficient (Wildman–Crippen LogP) is 3.23. The van der Waals surface area contributed by atoms with Crippen molar-refractivity contribution in [2.75, 3.05) is 44.8 Å². The first-order chi connectivity index (χ1) is 19.0. The smallest absolute Gasteiger partial charge is 0.253 e. The topological polar surface area (TPSA) is 101 Å². The van der Waals surface area contributed by atoms with E-state index in [4.69, 9.17) is 9.47 Å². The molecule has 2 atom stereocenters. The number of para-hydroxylation sites is 2. The number of nitrogens with zero attached hydrogens (tertiary/aromatic N) is 6. The molecule has 10 heteroatoms. The number of aromatic amines is 1. The Hall–Kier alpha value is -3.76. The molecule has 0 spiro atoms. The van der Waals surface area contributed by atoms with Gasteiger partial charge in [-0.3, -0.25) is 9.69 Å². The number of rotatable bonds is 7. The van der Waals surface area contributed by atoms with Gasteiger partial charge in [-0.2, -0.15) is 0 Å². The van der Waals surface area contributed by atoms with E-state index in [9.17, 15) is 4.79 Å². The fraction of sp³-hybridized carbons (Fsp3) is 0.448. The maximum atomic E-state index is 13.7. The van der Waals surface area contributed by atoms with Gasteiger partial charge in [-0.15, -0.1) is 5.10 Å². The Balaban J connectivity index is 1.38. The molecule has 4 aromatic rings. The fourth-order valence-corrected chi connectivity index (χ4v) is 6.04. The molecule has 0 bridgehead atoms. The first-order valence-corrected chi connectivity index (χ1v) is 13.7. The SMILES string of the molecule is COc1ccccc1N1CCN([C@H](c2cc3cc(C)cc(C)c3[nH]c2=O)c2nnnn2C[C@@H]2CCCO2)CC1. The average molecular weight is 530 g/mol. The predicted molar refractivity (Wildman–Crippen MR) is 149 cm³/mol. The number of tetrazole rings is 1. The van der Waals surface area contributed by atoms with Crippen molar-refractivity contribution in [2.24, 2.45) is 0 Å². The minimum atomic E-state index is -0.393. The van der Waals surface area contributed by atoms with Crippen molar-refractivity contribution in [1.29, 1.82) is 0 Å². The van der Waals surface area contributed by atoms with Crippen LogP contribution < -0.4 is 15.2 Å². The van der Waals surface area contributed by atoms with Crippen LogP contribution in [-0.2, 0) is 11.3 Å². The maximum absolute atomic E-state index is 13.7. The van der Waals surface area contributed by atoms with E-state index < -0.39 is 6.04 Å². The highest BCUT2D eigenvalue weighted by molar-refractivity contribution is 5.83. The zero-order chi connectivity index (χ0) is 26.9. The second kappa shape index (κ2) is 10.8. The Labute approximate surface area is 227 Å². The van der Waals surface area contributed by atoms with Crippen LogP contribution in [-0.4, -0.2) is 76.1 Å². The van der Waals surface area contributed by atoms with Crippen LogP contribution >= 0.6 is 0 Å². The highest BCUT2D eigenvalue weighted by atomic mass is 16.5. The van der Waals surface area contributed by atoms with Gasteiger partial charge in [0.1, 0.15) is 11.8 Å². The van der Waals surface area contributed by atoms with Crippen molar-refractivity contribution >= 4 is 16.6 Å². The molecule has 2 aromatic carbocycles. The van der Waals surface area contributed by atoms with Gasteiger partial charge in [-0.1, -0.05) is 23.8 Å². The van der Waals surface area contributed by atoms with Crippen molar-refractivity contribution in [2.45, 2.75) is 45.4 Å². The Bertz CT molecular complexity index is 1520. The number of ether oxygens (including phenoxy) is 2. The Morgan fingerprint density at radius 2 is 1.95 bits per heavy atom. The Morgan fingerprint density at radius 3 is 2.72 bits per heavy atom. The molecular weight excluding hydrogens is 494 g/mol. The summed E-state index contributed by atoms with van der Waals surface area (Å²) in [6.07, 6.45) is 2.10. The minimum Gasteiger partial charge on any atom is -0.495 e. The monoisotopic (exact) mass is 529 g/mol. The molecule has 0 radical (unpaired) electrons. The highest BCUT2D eigenvalue weighted by Crippen LogP contribution is 2.32. The van der Waals surface area contributed by atoms with E-state index in [-0.39, 0.29) is 11.7 Å². The molecule has 6 rings (SSSR count). The second-order valence-corrected chi connectivity index (χ2v) is 10.6. The normalized spacial score (nSPS) is 19.1. The number of benzene rings is 2. The number of piperazine rings is 1. The zero-order valence-electron chi connectivity index (χ0n) is 22.8. The largest absolute Gasteiger partial charge is 0.495 e. The number of pyridine rings is 1. The van der Waals surface area contributed by atoms with Gasteiger partial charge < -0.3 is 19.4 Å². The molecule has 0 saturated carbocycles. The lowest BCUT2D eigenvalue weighted by atomic mass is 10.00. The van der Waals surface area contributed by atoms with Crippen LogP contribution in [0.4, 0.5) is 5.69 Å². The summed E-state index contributed by atoms with van der Waals surface area (Å²) in [7, 11) is 1.70.